The van der Waals surface area contributed by atoms with E-state index >= 15 is 0 Å². The third-order valence-electron chi connectivity index (χ3n) is 3.01. The Bertz CT molecular complexity index is 524. The van der Waals surface area contributed by atoms with Crippen LogP contribution >= 0.6 is 35.4 Å². The highest BCUT2D eigenvalue weighted by Gasteiger charge is 2.30. The number of urea groups is 1. The average molecular weight is 318 g/mol. The number of rotatable bonds is 2. The number of carbonyl (C=O) groups is 1. The summed E-state index contributed by atoms with van der Waals surface area (Å²) >= 11 is 16.7. The minimum absolute atomic E-state index is 0.169. The van der Waals surface area contributed by atoms with Gasteiger partial charge in [0, 0.05) is 12.2 Å². The Morgan fingerprint density at radius 2 is 2.16 bits per heavy atom. The van der Waals surface area contributed by atoms with Gasteiger partial charge in [0.05, 0.1) is 21.1 Å². The topological polar surface area (TPSA) is 58.4 Å². The van der Waals surface area contributed by atoms with Gasteiger partial charge in [0.1, 0.15) is 0 Å². The molecular formula is C12H13Cl2N3OS. The van der Waals surface area contributed by atoms with Gasteiger partial charge in [-0.3, -0.25) is 0 Å². The van der Waals surface area contributed by atoms with E-state index in [4.69, 9.17) is 41.2 Å². The molecule has 1 unspecified atom stereocenters. The molecule has 102 valence electrons. The van der Waals surface area contributed by atoms with Gasteiger partial charge in [-0.2, -0.15) is 0 Å². The molecule has 0 bridgehead atoms. The summed E-state index contributed by atoms with van der Waals surface area (Å²) in [5.74, 6) is 0. The number of likely N-dealkylation sites (tertiary alicyclic amines) is 1. The zero-order chi connectivity index (χ0) is 14.0. The van der Waals surface area contributed by atoms with E-state index in [-0.39, 0.29) is 12.1 Å². The van der Waals surface area contributed by atoms with Crippen molar-refractivity contribution >= 4 is 52.1 Å². The summed E-state index contributed by atoms with van der Waals surface area (Å²) in [7, 11) is 0. The highest BCUT2D eigenvalue weighted by Crippen LogP contribution is 2.26. The van der Waals surface area contributed by atoms with Crippen LogP contribution in [0.5, 0.6) is 0 Å². The fourth-order valence-electron chi connectivity index (χ4n) is 2.07. The molecule has 0 aromatic heterocycles. The van der Waals surface area contributed by atoms with Crippen molar-refractivity contribution in [2.45, 2.75) is 18.9 Å². The third kappa shape index (κ3) is 3.29. The summed E-state index contributed by atoms with van der Waals surface area (Å²) in [6, 6.07) is 4.53. The van der Waals surface area contributed by atoms with Crippen LogP contribution in [0.25, 0.3) is 0 Å². The zero-order valence-electron chi connectivity index (χ0n) is 10.0. The molecule has 19 heavy (non-hydrogen) atoms. The van der Waals surface area contributed by atoms with Crippen molar-refractivity contribution in [3.8, 4) is 0 Å². The Balaban J connectivity index is 2.08. The summed E-state index contributed by atoms with van der Waals surface area (Å²) in [6.07, 6.45) is 1.71. The molecule has 0 radical (unpaired) electrons. The van der Waals surface area contributed by atoms with E-state index in [1.807, 2.05) is 0 Å². The monoisotopic (exact) mass is 317 g/mol. The van der Waals surface area contributed by atoms with Gasteiger partial charge < -0.3 is 16.0 Å². The molecule has 0 spiro atoms. The number of nitrogens with zero attached hydrogens (tertiary/aromatic N) is 1. The number of benzene rings is 1. The van der Waals surface area contributed by atoms with Gasteiger partial charge >= 0.3 is 6.03 Å². The summed E-state index contributed by atoms with van der Waals surface area (Å²) in [6.45, 7) is 0.648. The van der Waals surface area contributed by atoms with E-state index in [0.717, 1.165) is 12.8 Å². The number of hydrogen-bond donors (Lipinski definition) is 2. The van der Waals surface area contributed by atoms with Crippen LogP contribution in [0.2, 0.25) is 10.0 Å². The first-order valence-corrected chi connectivity index (χ1v) is 6.97. The molecule has 1 heterocycles. The maximum Gasteiger partial charge on any atom is 0.322 e. The van der Waals surface area contributed by atoms with Crippen LogP contribution in [0.15, 0.2) is 18.2 Å². The summed E-state index contributed by atoms with van der Waals surface area (Å²) < 4.78 is 0. The Kier molecular flexibility index (Phi) is 4.50. The van der Waals surface area contributed by atoms with Gasteiger partial charge in [0.15, 0.2) is 0 Å². The van der Waals surface area contributed by atoms with E-state index in [2.05, 4.69) is 5.32 Å². The van der Waals surface area contributed by atoms with Gasteiger partial charge in [-0.1, -0.05) is 35.4 Å². The number of hydrogen-bond acceptors (Lipinski definition) is 2. The molecule has 1 saturated heterocycles. The predicted octanol–water partition coefficient (Wildman–Crippen LogP) is 3.28. The molecule has 1 aliphatic rings. The van der Waals surface area contributed by atoms with Crippen LogP contribution in [0, 0.1) is 0 Å². The van der Waals surface area contributed by atoms with Crippen LogP contribution < -0.4 is 11.1 Å². The molecule has 2 amide bonds. The second kappa shape index (κ2) is 5.94. The molecule has 2 rings (SSSR count). The number of amides is 2. The minimum atomic E-state index is -0.228. The maximum absolute atomic E-state index is 12.1. The van der Waals surface area contributed by atoms with E-state index in [9.17, 15) is 4.79 Å². The van der Waals surface area contributed by atoms with Crippen LogP contribution in [-0.4, -0.2) is 28.5 Å². The van der Waals surface area contributed by atoms with Crippen molar-refractivity contribution < 1.29 is 4.79 Å². The van der Waals surface area contributed by atoms with E-state index in [0.29, 0.717) is 27.3 Å². The van der Waals surface area contributed by atoms with Crippen molar-refractivity contribution in [3.05, 3.63) is 28.2 Å². The number of carbonyl (C=O) groups excluding carboxylic acids is 1. The standard InChI is InChI=1S/C12H13Cl2N3OS/c13-8-4-3-7(6-9(8)14)16-12(18)17-5-1-2-10(17)11(15)19/h3-4,6,10H,1-2,5H2,(H2,15,19)(H,16,18). The number of nitrogens with one attached hydrogen (secondary N) is 1. The quantitative estimate of drug-likeness (QED) is 0.823. The van der Waals surface area contributed by atoms with E-state index in [1.165, 1.54) is 0 Å². The van der Waals surface area contributed by atoms with Crippen molar-refractivity contribution in [1.82, 2.24) is 4.90 Å². The molecule has 1 fully saturated rings. The van der Waals surface area contributed by atoms with Crippen LogP contribution in [0.1, 0.15) is 12.8 Å². The first-order valence-electron chi connectivity index (χ1n) is 5.81. The van der Waals surface area contributed by atoms with Crippen molar-refractivity contribution in [1.29, 1.82) is 0 Å². The second-order valence-electron chi connectivity index (χ2n) is 4.31. The van der Waals surface area contributed by atoms with Crippen molar-refractivity contribution in [2.75, 3.05) is 11.9 Å². The lowest BCUT2D eigenvalue weighted by Crippen LogP contribution is -2.44. The molecule has 3 N–H and O–H groups in total. The minimum Gasteiger partial charge on any atom is -0.392 e. The van der Waals surface area contributed by atoms with Gasteiger partial charge in [0.2, 0.25) is 0 Å². The molecule has 1 aromatic rings. The Hall–Kier alpha value is -1.04. The fraction of sp³-hybridized carbons (Fsp3) is 0.333. The van der Waals surface area contributed by atoms with Crippen LogP contribution in [-0.2, 0) is 0 Å². The van der Waals surface area contributed by atoms with E-state index < -0.39 is 0 Å². The molecule has 1 aliphatic heterocycles. The fourth-order valence-corrected chi connectivity index (χ4v) is 2.62. The van der Waals surface area contributed by atoms with E-state index in [1.54, 1.807) is 23.1 Å². The normalized spacial score (nSPS) is 18.4. The predicted molar refractivity (Wildman–Crippen MR) is 82.0 cm³/mol. The van der Waals surface area contributed by atoms with Gasteiger partial charge in [-0.05, 0) is 31.0 Å². The SMILES string of the molecule is NC(=S)C1CCCN1C(=O)Nc1ccc(Cl)c(Cl)c1. The lowest BCUT2D eigenvalue weighted by atomic mass is 10.2. The van der Waals surface area contributed by atoms with Crippen molar-refractivity contribution in [2.24, 2.45) is 5.73 Å². The molecule has 1 aromatic carbocycles. The molecule has 4 nitrogen and oxygen atoms in total. The van der Waals surface area contributed by atoms with Crippen molar-refractivity contribution in [3.63, 3.8) is 0 Å². The van der Waals surface area contributed by atoms with Crippen LogP contribution in [0.3, 0.4) is 0 Å². The maximum atomic E-state index is 12.1. The largest absolute Gasteiger partial charge is 0.392 e. The Morgan fingerprint density at radius 1 is 1.42 bits per heavy atom. The first kappa shape index (κ1) is 14.4. The lowest BCUT2D eigenvalue weighted by molar-refractivity contribution is 0.217. The van der Waals surface area contributed by atoms with Gasteiger partial charge in [-0.15, -0.1) is 0 Å². The lowest BCUT2D eigenvalue weighted by Gasteiger charge is -2.24. The summed E-state index contributed by atoms with van der Waals surface area (Å²) in [4.78, 5) is 14.1. The average Bonchev–Trinajstić information content (AvgIpc) is 2.83. The first-order chi connectivity index (χ1) is 8.99. The molecule has 1 atom stereocenters. The van der Waals surface area contributed by atoms with Gasteiger partial charge in [-0.25, -0.2) is 4.79 Å². The number of nitrogens with two attached hydrogens (primary N) is 1. The van der Waals surface area contributed by atoms with Gasteiger partial charge in [0.25, 0.3) is 0 Å². The second-order valence-corrected chi connectivity index (χ2v) is 5.60. The molecule has 0 aliphatic carbocycles. The third-order valence-corrected chi connectivity index (χ3v) is 4.02. The number of thiocarbonyl (C=S) groups is 1. The highest BCUT2D eigenvalue weighted by molar-refractivity contribution is 7.80. The Labute approximate surface area is 126 Å². The Morgan fingerprint density at radius 3 is 2.79 bits per heavy atom. The zero-order valence-corrected chi connectivity index (χ0v) is 12.4. The number of anilines is 1. The van der Waals surface area contributed by atoms with Crippen LogP contribution in [0.4, 0.5) is 10.5 Å². The highest BCUT2D eigenvalue weighted by atomic mass is 35.5. The smallest absolute Gasteiger partial charge is 0.322 e. The number of halogens is 2. The summed E-state index contributed by atoms with van der Waals surface area (Å²) in [5, 5.41) is 3.61. The molecule has 7 heteroatoms. The molecular weight excluding hydrogens is 305 g/mol. The summed E-state index contributed by atoms with van der Waals surface area (Å²) in [5.41, 5.74) is 6.23. The molecule has 0 saturated carbocycles.